The maximum Gasteiger partial charge on any atom is -0.0354 e. The van der Waals surface area contributed by atoms with Gasteiger partial charge in [-0.1, -0.05) is 20.3 Å². The van der Waals surface area contributed by atoms with Gasteiger partial charge < -0.3 is 6.15 Å². The van der Waals surface area contributed by atoms with Crippen molar-refractivity contribution in [2.75, 3.05) is 0 Å². The molecule has 1 rings (SSSR count). The molecule has 0 radical (unpaired) electrons. The molecule has 3 N–H and O–H groups in total. The minimum atomic E-state index is 0. The van der Waals surface area contributed by atoms with E-state index in [4.69, 9.17) is 0 Å². The molecule has 1 saturated carbocycles. The zero-order valence-corrected chi connectivity index (χ0v) is 5.33. The van der Waals surface area contributed by atoms with Crippen LogP contribution in [0.25, 0.3) is 0 Å². The van der Waals surface area contributed by atoms with E-state index in [1.54, 1.807) is 0 Å². The highest BCUT2D eigenvalue weighted by molar-refractivity contribution is 4.77. The molecule has 0 aromatic carbocycles. The predicted octanol–water partition coefficient (Wildman–Crippen LogP) is 2.36. The average molecular weight is 101 g/mol. The van der Waals surface area contributed by atoms with E-state index in [9.17, 15) is 0 Å². The van der Waals surface area contributed by atoms with Crippen molar-refractivity contribution in [3.05, 3.63) is 0 Å². The van der Waals surface area contributed by atoms with E-state index in [2.05, 4.69) is 13.8 Å². The van der Waals surface area contributed by atoms with Gasteiger partial charge in [-0.25, -0.2) is 0 Å². The van der Waals surface area contributed by atoms with E-state index in [1.165, 1.54) is 19.3 Å². The van der Waals surface area contributed by atoms with Crippen LogP contribution in [0.3, 0.4) is 0 Å². The fourth-order valence-electron chi connectivity index (χ4n) is 0.884. The molecule has 1 aliphatic rings. The first-order valence-electron chi connectivity index (χ1n) is 2.71. The van der Waals surface area contributed by atoms with Crippen molar-refractivity contribution in [3.63, 3.8) is 0 Å². The Balaban J connectivity index is 0.000000360. The topological polar surface area (TPSA) is 35.0 Å². The van der Waals surface area contributed by atoms with Gasteiger partial charge in [0.1, 0.15) is 0 Å². The molecule has 0 aromatic rings. The Morgan fingerprint density at radius 1 is 1.14 bits per heavy atom. The second-order valence-electron chi connectivity index (χ2n) is 3.02. The minimum Gasteiger partial charge on any atom is -0.344 e. The van der Waals surface area contributed by atoms with Crippen molar-refractivity contribution in [3.8, 4) is 0 Å². The zero-order valence-electron chi connectivity index (χ0n) is 5.33. The summed E-state index contributed by atoms with van der Waals surface area (Å²) in [4.78, 5) is 0. The van der Waals surface area contributed by atoms with Gasteiger partial charge in [0.2, 0.25) is 0 Å². The summed E-state index contributed by atoms with van der Waals surface area (Å²) in [5.74, 6) is 0. The van der Waals surface area contributed by atoms with E-state index >= 15 is 0 Å². The molecule has 7 heavy (non-hydrogen) atoms. The second kappa shape index (κ2) is 1.83. The van der Waals surface area contributed by atoms with Crippen molar-refractivity contribution < 1.29 is 0 Å². The highest BCUT2D eigenvalue weighted by Gasteiger charge is 2.24. The van der Waals surface area contributed by atoms with Crippen LogP contribution in [-0.2, 0) is 0 Å². The SMILES string of the molecule is CC1(C)CCC1.N. The molecule has 0 unspecified atom stereocenters. The third kappa shape index (κ3) is 1.48. The molecule has 1 heteroatoms. The van der Waals surface area contributed by atoms with Crippen LogP contribution >= 0.6 is 0 Å². The lowest BCUT2D eigenvalue weighted by Gasteiger charge is -2.33. The van der Waals surface area contributed by atoms with Gasteiger partial charge in [0.15, 0.2) is 0 Å². The quantitative estimate of drug-likeness (QED) is 0.499. The van der Waals surface area contributed by atoms with Crippen molar-refractivity contribution in [1.82, 2.24) is 6.15 Å². The monoisotopic (exact) mass is 101 g/mol. The summed E-state index contributed by atoms with van der Waals surface area (Å²) in [7, 11) is 0. The van der Waals surface area contributed by atoms with E-state index in [-0.39, 0.29) is 6.15 Å². The molecule has 1 aliphatic carbocycles. The van der Waals surface area contributed by atoms with Gasteiger partial charge >= 0.3 is 0 Å². The molecule has 0 bridgehead atoms. The summed E-state index contributed by atoms with van der Waals surface area (Å²) in [6, 6.07) is 0. The molecule has 44 valence electrons. The fraction of sp³-hybridized carbons (Fsp3) is 1.00. The summed E-state index contributed by atoms with van der Waals surface area (Å²) in [6.07, 6.45) is 4.37. The molecular weight excluding hydrogens is 86.1 g/mol. The van der Waals surface area contributed by atoms with Crippen LogP contribution in [-0.4, -0.2) is 0 Å². The van der Waals surface area contributed by atoms with Gasteiger partial charge in [-0.2, -0.15) is 0 Å². The van der Waals surface area contributed by atoms with E-state index < -0.39 is 0 Å². The number of hydrogen-bond acceptors (Lipinski definition) is 1. The summed E-state index contributed by atoms with van der Waals surface area (Å²) >= 11 is 0. The van der Waals surface area contributed by atoms with Crippen LogP contribution in [0, 0.1) is 5.41 Å². The van der Waals surface area contributed by atoms with Crippen LogP contribution in [0.4, 0.5) is 0 Å². The summed E-state index contributed by atoms with van der Waals surface area (Å²) in [5.41, 5.74) is 0.722. The third-order valence-electron chi connectivity index (χ3n) is 1.71. The first kappa shape index (κ1) is 6.96. The molecule has 0 aromatic heterocycles. The van der Waals surface area contributed by atoms with Crippen LogP contribution in [0.1, 0.15) is 33.1 Å². The Labute approximate surface area is 45.7 Å². The van der Waals surface area contributed by atoms with E-state index in [0.717, 1.165) is 5.41 Å². The molecule has 0 atom stereocenters. The Kier molecular flexibility index (Phi) is 1.82. The Bertz CT molecular complexity index is 51.2. The summed E-state index contributed by atoms with van der Waals surface area (Å²) in [6.45, 7) is 4.66. The van der Waals surface area contributed by atoms with Gasteiger partial charge in [-0.15, -0.1) is 0 Å². The van der Waals surface area contributed by atoms with Gasteiger partial charge in [0.25, 0.3) is 0 Å². The maximum atomic E-state index is 2.33. The molecule has 0 saturated heterocycles. The first-order valence-corrected chi connectivity index (χ1v) is 2.71. The molecule has 1 nitrogen and oxygen atoms in total. The summed E-state index contributed by atoms with van der Waals surface area (Å²) < 4.78 is 0. The lowest BCUT2D eigenvalue weighted by molar-refractivity contribution is 0.190. The van der Waals surface area contributed by atoms with Crippen LogP contribution < -0.4 is 6.15 Å². The molecule has 0 heterocycles. The molecule has 0 amide bonds. The average Bonchev–Trinajstić information content (AvgIpc) is 1.32. The Hall–Kier alpha value is -0.0400. The van der Waals surface area contributed by atoms with E-state index in [0.29, 0.717) is 0 Å². The lowest BCUT2D eigenvalue weighted by Crippen LogP contribution is -2.20. The molecular formula is C6H15N. The Morgan fingerprint density at radius 2 is 1.43 bits per heavy atom. The largest absolute Gasteiger partial charge is 0.344 e. The highest BCUT2D eigenvalue weighted by Crippen LogP contribution is 2.38. The number of rotatable bonds is 0. The van der Waals surface area contributed by atoms with Gasteiger partial charge in [0.05, 0.1) is 0 Å². The van der Waals surface area contributed by atoms with Crippen LogP contribution in [0.2, 0.25) is 0 Å². The third-order valence-corrected chi connectivity index (χ3v) is 1.71. The van der Waals surface area contributed by atoms with Gasteiger partial charge in [-0.3, -0.25) is 0 Å². The maximum absolute atomic E-state index is 2.33. The van der Waals surface area contributed by atoms with Crippen molar-refractivity contribution in [2.24, 2.45) is 5.41 Å². The van der Waals surface area contributed by atoms with Crippen molar-refractivity contribution in [1.29, 1.82) is 0 Å². The lowest BCUT2D eigenvalue weighted by atomic mass is 9.72. The normalized spacial score (nSPS) is 24.9. The minimum absolute atomic E-state index is 0. The van der Waals surface area contributed by atoms with Gasteiger partial charge in [0, 0.05) is 0 Å². The molecule has 1 fully saturated rings. The predicted molar refractivity (Wildman–Crippen MR) is 32.7 cm³/mol. The van der Waals surface area contributed by atoms with Gasteiger partial charge in [-0.05, 0) is 18.3 Å². The number of hydrogen-bond donors (Lipinski definition) is 1. The standard InChI is InChI=1S/C6H12.H3N/c1-6(2)4-3-5-6;/h3-5H2,1-2H3;1H3. The fourth-order valence-corrected chi connectivity index (χ4v) is 0.884. The highest BCUT2D eigenvalue weighted by atomic mass is 14.3. The summed E-state index contributed by atoms with van der Waals surface area (Å²) in [5, 5.41) is 0. The zero-order chi connectivity index (χ0) is 4.62. The molecule has 0 aliphatic heterocycles. The van der Waals surface area contributed by atoms with Crippen LogP contribution in [0.15, 0.2) is 0 Å². The van der Waals surface area contributed by atoms with Crippen molar-refractivity contribution >= 4 is 0 Å². The molecule has 0 spiro atoms. The Morgan fingerprint density at radius 3 is 1.43 bits per heavy atom. The van der Waals surface area contributed by atoms with Crippen molar-refractivity contribution in [2.45, 2.75) is 33.1 Å². The second-order valence-corrected chi connectivity index (χ2v) is 3.02. The van der Waals surface area contributed by atoms with E-state index in [1.807, 2.05) is 0 Å². The smallest absolute Gasteiger partial charge is 0.0354 e. The van der Waals surface area contributed by atoms with Crippen LogP contribution in [0.5, 0.6) is 0 Å². The first-order chi connectivity index (χ1) is 2.71.